The molecule has 0 radical (unpaired) electrons. The second kappa shape index (κ2) is 6.78. The molecule has 2 unspecified atom stereocenters. The fraction of sp³-hybridized carbons (Fsp3) is 0.429. The molecule has 1 aliphatic heterocycles. The van der Waals surface area contributed by atoms with Gasteiger partial charge in [-0.15, -0.1) is 0 Å². The van der Waals surface area contributed by atoms with Gasteiger partial charge < -0.3 is 19.9 Å². The Bertz CT molecular complexity index is 548. The zero-order valence-electron chi connectivity index (χ0n) is 11.5. The molecule has 1 heterocycles. The van der Waals surface area contributed by atoms with Gasteiger partial charge in [-0.05, 0) is 25.0 Å². The van der Waals surface area contributed by atoms with E-state index in [4.69, 9.17) is 26.2 Å². The Morgan fingerprint density at radius 2 is 2.14 bits per heavy atom. The molecule has 0 aromatic heterocycles. The van der Waals surface area contributed by atoms with Crippen LogP contribution in [0.2, 0.25) is 5.02 Å². The zero-order valence-corrected chi connectivity index (χ0v) is 12.2. The molecule has 1 aromatic carbocycles. The van der Waals surface area contributed by atoms with E-state index >= 15 is 0 Å². The molecule has 7 heteroatoms. The third kappa shape index (κ3) is 3.65. The van der Waals surface area contributed by atoms with Gasteiger partial charge in [0.2, 0.25) is 5.91 Å². The highest BCUT2D eigenvalue weighted by molar-refractivity contribution is 6.31. The van der Waals surface area contributed by atoms with E-state index in [1.165, 1.54) is 7.11 Å². The quantitative estimate of drug-likeness (QED) is 0.862. The first-order valence-electron chi connectivity index (χ1n) is 6.50. The van der Waals surface area contributed by atoms with E-state index in [1.54, 1.807) is 18.2 Å². The smallest absolute Gasteiger partial charge is 0.332 e. The van der Waals surface area contributed by atoms with Crippen LogP contribution < -0.4 is 10.1 Å². The van der Waals surface area contributed by atoms with Gasteiger partial charge in [-0.25, -0.2) is 4.79 Å². The van der Waals surface area contributed by atoms with Gasteiger partial charge >= 0.3 is 5.97 Å². The summed E-state index contributed by atoms with van der Waals surface area (Å²) in [4.78, 5) is 22.8. The number of halogens is 1. The lowest BCUT2D eigenvalue weighted by Gasteiger charge is -2.14. The molecule has 1 saturated heterocycles. The van der Waals surface area contributed by atoms with Crippen LogP contribution in [0.1, 0.15) is 18.4 Å². The van der Waals surface area contributed by atoms with Crippen molar-refractivity contribution in [3.63, 3.8) is 0 Å². The first-order valence-corrected chi connectivity index (χ1v) is 6.88. The lowest BCUT2D eigenvalue weighted by molar-refractivity contribution is -0.151. The topological polar surface area (TPSA) is 84.9 Å². The maximum absolute atomic E-state index is 12.0. The number of aliphatic carboxylic acids is 1. The van der Waals surface area contributed by atoms with Crippen LogP contribution in [0.4, 0.5) is 0 Å². The number of carboxylic acids is 1. The van der Waals surface area contributed by atoms with Gasteiger partial charge in [-0.1, -0.05) is 17.7 Å². The van der Waals surface area contributed by atoms with Crippen molar-refractivity contribution in [2.45, 2.75) is 31.6 Å². The molecule has 1 fully saturated rings. The third-order valence-corrected chi connectivity index (χ3v) is 3.68. The molecule has 2 N–H and O–H groups in total. The molecule has 0 spiro atoms. The van der Waals surface area contributed by atoms with Gasteiger partial charge in [0.05, 0.1) is 7.11 Å². The summed E-state index contributed by atoms with van der Waals surface area (Å²) in [6, 6.07) is 5.21. The van der Waals surface area contributed by atoms with Gasteiger partial charge in [0.15, 0.2) is 6.10 Å². The number of hydrogen-bond acceptors (Lipinski definition) is 4. The largest absolute Gasteiger partial charge is 0.496 e. The van der Waals surface area contributed by atoms with Gasteiger partial charge in [0.1, 0.15) is 11.9 Å². The summed E-state index contributed by atoms with van der Waals surface area (Å²) in [7, 11) is 1.52. The lowest BCUT2D eigenvalue weighted by Crippen LogP contribution is -2.35. The Morgan fingerprint density at radius 1 is 1.43 bits per heavy atom. The number of carboxylic acid groups (broad SMARTS) is 1. The Labute approximate surface area is 127 Å². The predicted molar refractivity (Wildman–Crippen MR) is 75.4 cm³/mol. The molecule has 21 heavy (non-hydrogen) atoms. The van der Waals surface area contributed by atoms with E-state index < -0.39 is 18.2 Å². The van der Waals surface area contributed by atoms with Crippen LogP contribution in [0.15, 0.2) is 18.2 Å². The molecule has 0 aliphatic carbocycles. The summed E-state index contributed by atoms with van der Waals surface area (Å²) in [6.07, 6.45) is -0.916. The first-order chi connectivity index (χ1) is 10.0. The molecule has 1 aromatic rings. The van der Waals surface area contributed by atoms with Crippen LogP contribution in [0.3, 0.4) is 0 Å². The summed E-state index contributed by atoms with van der Waals surface area (Å²) in [5.41, 5.74) is 0.669. The number of hydrogen-bond donors (Lipinski definition) is 2. The van der Waals surface area contributed by atoms with Crippen LogP contribution >= 0.6 is 11.6 Å². The SMILES string of the molecule is COc1cccc(Cl)c1CNC(=O)C1CCC(C(=O)O)O1. The van der Waals surface area contributed by atoms with Gasteiger partial charge in [0.25, 0.3) is 0 Å². The average molecular weight is 314 g/mol. The Morgan fingerprint density at radius 3 is 2.76 bits per heavy atom. The van der Waals surface area contributed by atoms with E-state index in [2.05, 4.69) is 5.32 Å². The van der Waals surface area contributed by atoms with Crippen molar-refractivity contribution in [3.05, 3.63) is 28.8 Å². The molecular formula is C14H16ClNO5. The molecule has 0 bridgehead atoms. The van der Waals surface area contributed by atoms with Gasteiger partial charge in [-0.2, -0.15) is 0 Å². The van der Waals surface area contributed by atoms with Crippen molar-refractivity contribution < 1.29 is 24.2 Å². The fourth-order valence-electron chi connectivity index (χ4n) is 2.20. The van der Waals surface area contributed by atoms with Crippen molar-refractivity contribution in [3.8, 4) is 5.75 Å². The minimum atomic E-state index is -1.04. The minimum Gasteiger partial charge on any atom is -0.496 e. The highest BCUT2D eigenvalue weighted by Crippen LogP contribution is 2.26. The molecule has 0 saturated carbocycles. The van der Waals surface area contributed by atoms with Crippen molar-refractivity contribution in [1.29, 1.82) is 0 Å². The third-order valence-electron chi connectivity index (χ3n) is 3.32. The Kier molecular flexibility index (Phi) is 5.03. The molecular weight excluding hydrogens is 298 g/mol. The van der Waals surface area contributed by atoms with Gasteiger partial charge in [0, 0.05) is 17.1 Å². The number of amides is 1. The number of carbonyl (C=O) groups excluding carboxylic acids is 1. The van der Waals surface area contributed by atoms with Crippen LogP contribution in [0.5, 0.6) is 5.75 Å². The van der Waals surface area contributed by atoms with Gasteiger partial charge in [-0.3, -0.25) is 4.79 Å². The summed E-state index contributed by atoms with van der Waals surface area (Å²) in [6.45, 7) is 0.194. The number of ether oxygens (including phenoxy) is 2. The fourth-order valence-corrected chi connectivity index (χ4v) is 2.44. The van der Waals surface area contributed by atoms with E-state index in [-0.39, 0.29) is 12.5 Å². The Balaban J connectivity index is 1.95. The highest BCUT2D eigenvalue weighted by atomic mass is 35.5. The van der Waals surface area contributed by atoms with E-state index in [9.17, 15) is 9.59 Å². The van der Waals surface area contributed by atoms with Crippen LogP contribution in [-0.4, -0.2) is 36.3 Å². The van der Waals surface area contributed by atoms with Crippen molar-refractivity contribution in [2.75, 3.05) is 7.11 Å². The summed E-state index contributed by atoms with van der Waals surface area (Å²) in [5.74, 6) is -0.808. The maximum Gasteiger partial charge on any atom is 0.332 e. The first kappa shape index (κ1) is 15.6. The summed E-state index contributed by atoms with van der Waals surface area (Å²) in [5, 5.41) is 12.0. The molecule has 1 aliphatic rings. The monoisotopic (exact) mass is 313 g/mol. The lowest BCUT2D eigenvalue weighted by atomic mass is 10.1. The number of methoxy groups -OCH3 is 1. The number of carbonyl (C=O) groups is 2. The number of rotatable bonds is 5. The molecule has 114 valence electrons. The highest BCUT2D eigenvalue weighted by Gasteiger charge is 2.34. The molecule has 2 atom stereocenters. The number of nitrogens with one attached hydrogen (secondary N) is 1. The molecule has 6 nitrogen and oxygen atoms in total. The number of benzene rings is 1. The van der Waals surface area contributed by atoms with E-state index in [1.807, 2.05) is 0 Å². The van der Waals surface area contributed by atoms with Crippen molar-refractivity contribution in [1.82, 2.24) is 5.32 Å². The summed E-state index contributed by atoms with van der Waals surface area (Å²) < 4.78 is 10.4. The minimum absolute atomic E-state index is 0.194. The molecule has 1 amide bonds. The second-order valence-corrected chi connectivity index (χ2v) is 5.07. The van der Waals surface area contributed by atoms with Crippen LogP contribution in [0, 0.1) is 0 Å². The zero-order chi connectivity index (χ0) is 15.4. The van der Waals surface area contributed by atoms with Crippen LogP contribution in [-0.2, 0) is 20.9 Å². The molecule has 2 rings (SSSR count). The van der Waals surface area contributed by atoms with E-state index in [0.717, 1.165) is 0 Å². The normalized spacial score (nSPS) is 21.0. The van der Waals surface area contributed by atoms with E-state index in [0.29, 0.717) is 29.2 Å². The van der Waals surface area contributed by atoms with Crippen molar-refractivity contribution >= 4 is 23.5 Å². The maximum atomic E-state index is 12.0. The Hall–Kier alpha value is -1.79. The standard InChI is InChI=1S/C14H16ClNO5/c1-20-10-4-2-3-9(15)8(10)7-16-13(17)11-5-6-12(21-11)14(18)19/h2-4,11-12H,5-7H2,1H3,(H,16,17)(H,18,19). The predicted octanol–water partition coefficient (Wildman–Crippen LogP) is 1.60. The van der Waals surface area contributed by atoms with Crippen molar-refractivity contribution in [2.24, 2.45) is 0 Å². The van der Waals surface area contributed by atoms with Crippen LogP contribution in [0.25, 0.3) is 0 Å². The second-order valence-electron chi connectivity index (χ2n) is 4.67. The summed E-state index contributed by atoms with van der Waals surface area (Å²) >= 11 is 6.08. The average Bonchev–Trinajstić information content (AvgIpc) is 2.95.